The predicted molar refractivity (Wildman–Crippen MR) is 84.8 cm³/mol. The second kappa shape index (κ2) is 7.81. The van der Waals surface area contributed by atoms with E-state index in [0.29, 0.717) is 5.56 Å². The van der Waals surface area contributed by atoms with Crippen molar-refractivity contribution in [3.8, 4) is 5.88 Å². The third-order valence-electron chi connectivity index (χ3n) is 3.31. The molecular weight excluding hydrogens is 355 g/mol. The number of nitrogens with one attached hydrogen (secondary N) is 1. The Morgan fingerprint density at radius 3 is 2.65 bits per heavy atom. The van der Waals surface area contributed by atoms with Crippen molar-refractivity contribution in [2.24, 2.45) is 0 Å². The zero-order valence-corrected chi connectivity index (χ0v) is 13.5. The van der Waals surface area contributed by atoms with Crippen LogP contribution in [0.25, 0.3) is 0 Å². The molecule has 1 amide bonds. The molecule has 0 spiro atoms. The summed E-state index contributed by atoms with van der Waals surface area (Å²) in [4.78, 5) is 26.1. The van der Waals surface area contributed by atoms with Crippen LogP contribution in [0.4, 0.5) is 18.9 Å². The Labute approximate surface area is 146 Å². The summed E-state index contributed by atoms with van der Waals surface area (Å²) in [6.07, 6.45) is -3.40. The first kappa shape index (κ1) is 19.2. The van der Waals surface area contributed by atoms with Gasteiger partial charge in [-0.15, -0.1) is 0 Å². The van der Waals surface area contributed by atoms with E-state index >= 15 is 0 Å². The van der Waals surface area contributed by atoms with Crippen LogP contribution >= 0.6 is 0 Å². The van der Waals surface area contributed by atoms with Gasteiger partial charge < -0.3 is 10.1 Å². The highest BCUT2D eigenvalue weighted by Gasteiger charge is 2.28. The molecule has 0 saturated heterocycles. The van der Waals surface area contributed by atoms with Crippen molar-refractivity contribution in [3.05, 3.63) is 63.8 Å². The smallest absolute Gasteiger partial charge is 0.422 e. The number of carbonyl (C=O) groups excluding carboxylic acids is 1. The van der Waals surface area contributed by atoms with Gasteiger partial charge >= 0.3 is 6.18 Å². The minimum Gasteiger partial charge on any atom is -0.468 e. The fourth-order valence-electron chi connectivity index (χ4n) is 2.03. The molecular formula is C16H14F3N3O4. The third kappa shape index (κ3) is 5.43. The van der Waals surface area contributed by atoms with Gasteiger partial charge in [0.15, 0.2) is 6.61 Å². The van der Waals surface area contributed by atoms with Gasteiger partial charge in [0, 0.05) is 24.4 Å². The molecule has 0 bridgehead atoms. The van der Waals surface area contributed by atoms with Gasteiger partial charge in [-0.05, 0) is 18.6 Å². The second-order valence-electron chi connectivity index (χ2n) is 5.34. The predicted octanol–water partition coefficient (Wildman–Crippen LogP) is 3.42. The number of pyridine rings is 1. The van der Waals surface area contributed by atoms with Gasteiger partial charge in [0.2, 0.25) is 5.88 Å². The van der Waals surface area contributed by atoms with Gasteiger partial charge in [-0.3, -0.25) is 14.9 Å². The minimum absolute atomic E-state index is 0.101. The molecule has 0 saturated carbocycles. The first-order valence-corrected chi connectivity index (χ1v) is 7.36. The van der Waals surface area contributed by atoms with Gasteiger partial charge in [0.1, 0.15) is 0 Å². The topological polar surface area (TPSA) is 94.4 Å². The zero-order chi connectivity index (χ0) is 19.3. The van der Waals surface area contributed by atoms with E-state index in [2.05, 4.69) is 15.0 Å². The number of carbonyl (C=O) groups is 1. The summed E-state index contributed by atoms with van der Waals surface area (Å²) in [5, 5.41) is 13.4. The lowest BCUT2D eigenvalue weighted by Crippen LogP contribution is -2.26. The Kier molecular flexibility index (Phi) is 5.75. The average Bonchev–Trinajstić information content (AvgIpc) is 2.59. The van der Waals surface area contributed by atoms with Gasteiger partial charge in [0.05, 0.1) is 16.5 Å². The molecule has 1 aromatic carbocycles. The largest absolute Gasteiger partial charge is 0.468 e. The van der Waals surface area contributed by atoms with Crippen LogP contribution in [0.15, 0.2) is 42.6 Å². The molecule has 10 heteroatoms. The summed E-state index contributed by atoms with van der Waals surface area (Å²) in [7, 11) is 0. The van der Waals surface area contributed by atoms with Crippen molar-refractivity contribution in [1.82, 2.24) is 10.3 Å². The van der Waals surface area contributed by atoms with Gasteiger partial charge in [-0.25, -0.2) is 4.98 Å². The SMILES string of the molecule is CC(NC(=O)c1ccc(OCC(F)(F)F)nc1)c1cccc([N+](=O)[O-])c1. The van der Waals surface area contributed by atoms with Crippen LogP contribution in [0.5, 0.6) is 5.88 Å². The van der Waals surface area contributed by atoms with E-state index in [-0.39, 0.29) is 17.1 Å². The molecule has 0 aliphatic heterocycles. The van der Waals surface area contributed by atoms with Crippen molar-refractivity contribution in [2.45, 2.75) is 19.1 Å². The number of nitro groups is 1. The van der Waals surface area contributed by atoms with E-state index in [4.69, 9.17) is 0 Å². The number of nitrogens with zero attached hydrogens (tertiary/aromatic N) is 2. The molecule has 0 aliphatic rings. The second-order valence-corrected chi connectivity index (χ2v) is 5.34. The standard InChI is InChI=1S/C16H14F3N3O4/c1-10(11-3-2-4-13(7-11)22(24)25)21-15(23)12-5-6-14(20-8-12)26-9-16(17,18)19/h2-8,10H,9H2,1H3,(H,21,23). The number of hydrogen-bond donors (Lipinski definition) is 1. The lowest BCUT2D eigenvalue weighted by atomic mass is 10.1. The Balaban J connectivity index is 2.00. The number of rotatable bonds is 6. The van der Waals surface area contributed by atoms with E-state index < -0.39 is 29.7 Å². The molecule has 1 aromatic heterocycles. The lowest BCUT2D eigenvalue weighted by molar-refractivity contribution is -0.384. The molecule has 138 valence electrons. The van der Waals surface area contributed by atoms with Gasteiger partial charge in [-0.1, -0.05) is 12.1 Å². The first-order valence-electron chi connectivity index (χ1n) is 7.36. The molecule has 1 unspecified atom stereocenters. The van der Waals surface area contributed by atoms with Crippen molar-refractivity contribution in [2.75, 3.05) is 6.61 Å². The van der Waals surface area contributed by atoms with Crippen molar-refractivity contribution >= 4 is 11.6 Å². The fraction of sp³-hybridized carbons (Fsp3) is 0.250. The van der Waals surface area contributed by atoms with Crippen LogP contribution in [0.3, 0.4) is 0 Å². The molecule has 0 aliphatic carbocycles. The molecule has 26 heavy (non-hydrogen) atoms. The van der Waals surface area contributed by atoms with Crippen molar-refractivity contribution < 1.29 is 27.6 Å². The van der Waals surface area contributed by atoms with E-state index in [9.17, 15) is 28.1 Å². The number of halogens is 3. The van der Waals surface area contributed by atoms with E-state index in [1.165, 1.54) is 24.3 Å². The number of hydrogen-bond acceptors (Lipinski definition) is 5. The zero-order valence-electron chi connectivity index (χ0n) is 13.5. The van der Waals surface area contributed by atoms with Crippen LogP contribution in [0.2, 0.25) is 0 Å². The van der Waals surface area contributed by atoms with Gasteiger partial charge in [0.25, 0.3) is 11.6 Å². The molecule has 1 atom stereocenters. The first-order chi connectivity index (χ1) is 12.2. The maximum atomic E-state index is 12.2. The summed E-state index contributed by atoms with van der Waals surface area (Å²) in [6, 6.07) is 7.71. The highest BCUT2D eigenvalue weighted by molar-refractivity contribution is 5.94. The Bertz CT molecular complexity index is 794. The quantitative estimate of drug-likeness (QED) is 0.622. The summed E-state index contributed by atoms with van der Waals surface area (Å²) in [5.74, 6) is -0.788. The number of amides is 1. The Morgan fingerprint density at radius 2 is 2.08 bits per heavy atom. The number of aromatic nitrogens is 1. The average molecular weight is 369 g/mol. The van der Waals surface area contributed by atoms with Crippen molar-refractivity contribution in [3.63, 3.8) is 0 Å². The number of non-ortho nitro benzene ring substituents is 1. The Morgan fingerprint density at radius 1 is 1.35 bits per heavy atom. The lowest BCUT2D eigenvalue weighted by Gasteiger charge is -2.14. The van der Waals surface area contributed by atoms with Crippen LogP contribution in [0, 0.1) is 10.1 Å². The molecule has 2 aromatic rings. The maximum Gasteiger partial charge on any atom is 0.422 e. The molecule has 0 radical (unpaired) electrons. The number of benzene rings is 1. The molecule has 1 N–H and O–H groups in total. The highest BCUT2D eigenvalue weighted by atomic mass is 19.4. The number of alkyl halides is 3. The monoisotopic (exact) mass is 369 g/mol. The molecule has 7 nitrogen and oxygen atoms in total. The van der Waals surface area contributed by atoms with E-state index in [0.717, 1.165) is 12.3 Å². The number of nitro benzene ring substituents is 1. The van der Waals surface area contributed by atoms with E-state index in [1.807, 2.05) is 0 Å². The number of ether oxygens (including phenoxy) is 1. The maximum absolute atomic E-state index is 12.2. The summed E-state index contributed by atoms with van der Waals surface area (Å²) in [6.45, 7) is 0.167. The Hall–Kier alpha value is -3.17. The summed E-state index contributed by atoms with van der Waals surface area (Å²) in [5.41, 5.74) is 0.545. The normalized spacial score (nSPS) is 12.3. The van der Waals surface area contributed by atoms with Crippen LogP contribution in [-0.4, -0.2) is 28.6 Å². The third-order valence-corrected chi connectivity index (χ3v) is 3.31. The fourth-order valence-corrected chi connectivity index (χ4v) is 2.03. The van der Waals surface area contributed by atoms with Crippen LogP contribution in [0.1, 0.15) is 28.9 Å². The van der Waals surface area contributed by atoms with Crippen molar-refractivity contribution in [1.29, 1.82) is 0 Å². The van der Waals surface area contributed by atoms with Gasteiger partial charge in [-0.2, -0.15) is 13.2 Å². The molecule has 0 fully saturated rings. The minimum atomic E-state index is -4.48. The van der Waals surface area contributed by atoms with Crippen LogP contribution < -0.4 is 10.1 Å². The van der Waals surface area contributed by atoms with Crippen LogP contribution in [-0.2, 0) is 0 Å². The molecule has 2 rings (SSSR count). The highest BCUT2D eigenvalue weighted by Crippen LogP contribution is 2.20. The van der Waals surface area contributed by atoms with E-state index in [1.54, 1.807) is 13.0 Å². The summed E-state index contributed by atoms with van der Waals surface area (Å²) < 4.78 is 40.7. The summed E-state index contributed by atoms with van der Waals surface area (Å²) >= 11 is 0. The molecule has 1 heterocycles.